The van der Waals surface area contributed by atoms with Gasteiger partial charge in [-0.25, -0.2) is 9.59 Å². The first-order valence-corrected chi connectivity index (χ1v) is 5.47. The number of likely N-dealkylation sites (tertiary alicyclic amines) is 1. The van der Waals surface area contributed by atoms with E-state index in [-0.39, 0.29) is 18.7 Å². The lowest BCUT2D eigenvalue weighted by Gasteiger charge is -2.15. The molecule has 8 heteroatoms. The number of hydrogen-bond donors (Lipinski definition) is 3. The Kier molecular flexibility index (Phi) is 4.24. The molecule has 1 aliphatic heterocycles. The van der Waals surface area contributed by atoms with Crippen LogP contribution in [0.4, 0.5) is 4.79 Å². The Morgan fingerprint density at radius 1 is 1.50 bits per heavy atom. The average molecular weight is 257 g/mol. The van der Waals surface area contributed by atoms with E-state index in [4.69, 9.17) is 5.11 Å². The molecule has 2 atom stereocenters. The van der Waals surface area contributed by atoms with Gasteiger partial charge in [-0.15, -0.1) is 0 Å². The third kappa shape index (κ3) is 2.96. The number of rotatable bonds is 4. The summed E-state index contributed by atoms with van der Waals surface area (Å²) in [4.78, 5) is 45.8. The molecule has 1 aliphatic rings. The first kappa shape index (κ1) is 13.9. The predicted molar refractivity (Wildman–Crippen MR) is 59.6 cm³/mol. The van der Waals surface area contributed by atoms with Crippen LogP contribution in [0.5, 0.6) is 0 Å². The number of nitrogens with one attached hydrogen (secondary N) is 2. The van der Waals surface area contributed by atoms with Gasteiger partial charge < -0.3 is 15.7 Å². The lowest BCUT2D eigenvalue weighted by Crippen LogP contribution is -2.50. The summed E-state index contributed by atoms with van der Waals surface area (Å²) in [7, 11) is 1.33. The van der Waals surface area contributed by atoms with E-state index in [9.17, 15) is 19.2 Å². The molecule has 1 heterocycles. The number of amides is 4. The molecule has 8 nitrogen and oxygen atoms in total. The number of carboxylic acid groups (broad SMARTS) is 1. The van der Waals surface area contributed by atoms with E-state index in [2.05, 4.69) is 10.6 Å². The van der Waals surface area contributed by atoms with Crippen LogP contribution < -0.4 is 10.6 Å². The van der Waals surface area contributed by atoms with E-state index >= 15 is 0 Å². The fourth-order valence-corrected chi connectivity index (χ4v) is 1.56. The zero-order chi connectivity index (χ0) is 13.9. The molecule has 0 aromatic carbocycles. The molecule has 1 rings (SSSR count). The second kappa shape index (κ2) is 5.48. The molecule has 1 fully saturated rings. The van der Waals surface area contributed by atoms with Gasteiger partial charge in [-0.05, 0) is 6.42 Å². The normalized spacial score (nSPS) is 20.8. The molecule has 0 aromatic heterocycles. The van der Waals surface area contributed by atoms with Crippen LogP contribution in [0.2, 0.25) is 0 Å². The molecule has 1 unspecified atom stereocenters. The second-order valence-corrected chi connectivity index (χ2v) is 3.96. The highest BCUT2D eigenvalue weighted by Crippen LogP contribution is 2.10. The van der Waals surface area contributed by atoms with E-state index in [1.165, 1.54) is 7.05 Å². The molecule has 0 aromatic rings. The number of carboxylic acids is 1. The molecular weight excluding hydrogens is 242 g/mol. The third-order valence-corrected chi connectivity index (χ3v) is 2.70. The number of likely N-dealkylation sites (N-methyl/N-ethyl adjacent to an activating group) is 1. The fraction of sp³-hybridized carbons (Fsp3) is 0.600. The molecule has 18 heavy (non-hydrogen) atoms. The van der Waals surface area contributed by atoms with Crippen molar-refractivity contribution in [1.82, 2.24) is 15.5 Å². The number of imide groups is 1. The van der Waals surface area contributed by atoms with Crippen LogP contribution in [0.25, 0.3) is 0 Å². The Hall–Kier alpha value is -2.12. The monoisotopic (exact) mass is 257 g/mol. The minimum absolute atomic E-state index is 0.105. The first-order chi connectivity index (χ1) is 8.36. The van der Waals surface area contributed by atoms with Crippen molar-refractivity contribution in [3.63, 3.8) is 0 Å². The van der Waals surface area contributed by atoms with E-state index in [0.717, 1.165) is 4.90 Å². The molecule has 0 spiro atoms. The molecular formula is C10H15N3O5. The van der Waals surface area contributed by atoms with Crippen molar-refractivity contribution in [3.05, 3.63) is 0 Å². The van der Waals surface area contributed by atoms with Gasteiger partial charge in [-0.3, -0.25) is 14.5 Å². The number of aliphatic carboxylic acids is 1. The molecule has 4 amide bonds. The maximum atomic E-state index is 11.5. The Morgan fingerprint density at radius 2 is 2.11 bits per heavy atom. The van der Waals surface area contributed by atoms with Gasteiger partial charge in [0.05, 0.1) is 6.42 Å². The number of nitrogens with zero attached hydrogens (tertiary/aromatic N) is 1. The summed E-state index contributed by atoms with van der Waals surface area (Å²) in [6.45, 7) is 1.61. The molecule has 0 bridgehead atoms. The van der Waals surface area contributed by atoms with Crippen LogP contribution in [-0.2, 0) is 14.4 Å². The SMILES string of the molecule is CC[C@H](NC(=O)NC1CC(=O)N(C)C1=O)C(=O)O. The van der Waals surface area contributed by atoms with E-state index < -0.39 is 30.0 Å². The maximum Gasteiger partial charge on any atom is 0.326 e. The van der Waals surface area contributed by atoms with Gasteiger partial charge in [0.2, 0.25) is 5.91 Å². The van der Waals surface area contributed by atoms with Crippen molar-refractivity contribution >= 4 is 23.8 Å². The lowest BCUT2D eigenvalue weighted by atomic mass is 10.2. The highest BCUT2D eigenvalue weighted by molar-refractivity contribution is 6.06. The van der Waals surface area contributed by atoms with E-state index in [0.29, 0.717) is 0 Å². The number of hydrogen-bond acceptors (Lipinski definition) is 4. The smallest absolute Gasteiger partial charge is 0.326 e. The average Bonchev–Trinajstić information content (AvgIpc) is 2.53. The fourth-order valence-electron chi connectivity index (χ4n) is 1.56. The maximum absolute atomic E-state index is 11.5. The summed E-state index contributed by atoms with van der Waals surface area (Å²) in [5, 5.41) is 13.2. The second-order valence-electron chi connectivity index (χ2n) is 3.96. The summed E-state index contributed by atoms with van der Waals surface area (Å²) in [6.07, 6.45) is 0.118. The molecule has 3 N–H and O–H groups in total. The predicted octanol–water partition coefficient (Wildman–Crippen LogP) is -1.09. The topological polar surface area (TPSA) is 116 Å². The van der Waals surface area contributed by atoms with Gasteiger partial charge in [-0.1, -0.05) is 6.92 Å². The minimum Gasteiger partial charge on any atom is -0.480 e. The summed E-state index contributed by atoms with van der Waals surface area (Å²) >= 11 is 0. The first-order valence-electron chi connectivity index (χ1n) is 5.47. The van der Waals surface area contributed by atoms with Gasteiger partial charge in [0.1, 0.15) is 12.1 Å². The lowest BCUT2D eigenvalue weighted by molar-refractivity contribution is -0.139. The van der Waals surface area contributed by atoms with Crippen LogP contribution >= 0.6 is 0 Å². The van der Waals surface area contributed by atoms with Crippen molar-refractivity contribution in [2.24, 2.45) is 0 Å². The molecule has 1 saturated heterocycles. The van der Waals surface area contributed by atoms with E-state index in [1.54, 1.807) is 6.92 Å². The van der Waals surface area contributed by atoms with Crippen molar-refractivity contribution in [2.45, 2.75) is 31.8 Å². The summed E-state index contributed by atoms with van der Waals surface area (Å²) in [6, 6.07) is -2.71. The van der Waals surface area contributed by atoms with Crippen molar-refractivity contribution in [1.29, 1.82) is 0 Å². The molecule has 0 saturated carbocycles. The van der Waals surface area contributed by atoms with Crippen molar-refractivity contribution < 1.29 is 24.3 Å². The quantitative estimate of drug-likeness (QED) is 0.553. The number of urea groups is 1. The van der Waals surface area contributed by atoms with E-state index in [1.807, 2.05) is 0 Å². The highest BCUT2D eigenvalue weighted by atomic mass is 16.4. The third-order valence-electron chi connectivity index (χ3n) is 2.70. The highest BCUT2D eigenvalue weighted by Gasteiger charge is 2.37. The number of carbonyl (C=O) groups excluding carboxylic acids is 3. The molecule has 100 valence electrons. The summed E-state index contributed by atoms with van der Waals surface area (Å²) in [5.41, 5.74) is 0. The largest absolute Gasteiger partial charge is 0.480 e. The Labute approximate surface area is 103 Å². The van der Waals surface area contributed by atoms with Gasteiger partial charge in [-0.2, -0.15) is 0 Å². The Balaban J connectivity index is 2.53. The van der Waals surface area contributed by atoms with Gasteiger partial charge in [0.15, 0.2) is 0 Å². The molecule has 0 aliphatic carbocycles. The van der Waals surface area contributed by atoms with Crippen LogP contribution in [0, 0.1) is 0 Å². The van der Waals surface area contributed by atoms with Crippen LogP contribution in [0.1, 0.15) is 19.8 Å². The zero-order valence-corrected chi connectivity index (χ0v) is 10.1. The van der Waals surface area contributed by atoms with Gasteiger partial charge >= 0.3 is 12.0 Å². The minimum atomic E-state index is -1.15. The number of carbonyl (C=O) groups is 4. The molecule has 0 radical (unpaired) electrons. The van der Waals surface area contributed by atoms with Crippen molar-refractivity contribution in [3.8, 4) is 0 Å². The van der Waals surface area contributed by atoms with Gasteiger partial charge in [0, 0.05) is 7.05 Å². The summed E-state index contributed by atoms with van der Waals surface area (Å²) < 4.78 is 0. The summed E-state index contributed by atoms with van der Waals surface area (Å²) in [5.74, 6) is -2.03. The van der Waals surface area contributed by atoms with Crippen LogP contribution in [-0.4, -0.2) is 53.0 Å². The Morgan fingerprint density at radius 3 is 2.50 bits per heavy atom. The van der Waals surface area contributed by atoms with Gasteiger partial charge in [0.25, 0.3) is 5.91 Å². The van der Waals surface area contributed by atoms with Crippen molar-refractivity contribution in [2.75, 3.05) is 7.05 Å². The van der Waals surface area contributed by atoms with Crippen LogP contribution in [0.3, 0.4) is 0 Å². The standard InChI is InChI=1S/C10H15N3O5/c1-3-5(9(16)17)11-10(18)12-6-4-7(14)13(2)8(6)15/h5-6H,3-4H2,1-2H3,(H,16,17)(H2,11,12,18)/t5-,6?/m0/s1. The zero-order valence-electron chi connectivity index (χ0n) is 10.1. The van der Waals surface area contributed by atoms with Crippen LogP contribution in [0.15, 0.2) is 0 Å². The Bertz CT molecular complexity index is 395.